The largest absolute Gasteiger partial charge is 0.478 e. The van der Waals surface area contributed by atoms with Gasteiger partial charge >= 0.3 is 5.97 Å². The Hall–Kier alpha value is -2.17. The van der Waals surface area contributed by atoms with Crippen molar-refractivity contribution in [1.29, 1.82) is 0 Å². The predicted molar refractivity (Wildman–Crippen MR) is 74.8 cm³/mol. The molecule has 4 heteroatoms. The first-order valence-corrected chi connectivity index (χ1v) is 6.01. The van der Waals surface area contributed by atoms with Crippen LogP contribution in [0.3, 0.4) is 0 Å². The van der Waals surface area contributed by atoms with E-state index in [1.54, 1.807) is 18.2 Å². The first-order chi connectivity index (χ1) is 9.11. The maximum Gasteiger partial charge on any atom is 0.335 e. The van der Waals surface area contributed by atoms with E-state index < -0.39 is 5.97 Å². The minimum Gasteiger partial charge on any atom is -0.478 e. The van der Waals surface area contributed by atoms with Crippen molar-refractivity contribution in [3.63, 3.8) is 0 Å². The molecule has 2 rings (SSSR count). The maximum absolute atomic E-state index is 10.9. The van der Waals surface area contributed by atoms with Crippen LogP contribution in [0.4, 0.5) is 0 Å². The topological polar surface area (TPSA) is 89.3 Å². The average molecular weight is 256 g/mol. The normalized spacial score (nSPS) is 12.1. The second-order valence-electron chi connectivity index (χ2n) is 4.35. The van der Waals surface area contributed by atoms with Crippen molar-refractivity contribution in [3.8, 4) is 11.1 Å². The summed E-state index contributed by atoms with van der Waals surface area (Å²) >= 11 is 0. The molecule has 0 bridgehead atoms. The smallest absolute Gasteiger partial charge is 0.335 e. The number of carboxylic acids is 1. The van der Waals surface area contributed by atoms with Crippen LogP contribution >= 0.6 is 0 Å². The molecule has 0 fully saturated rings. The van der Waals surface area contributed by atoms with Gasteiger partial charge in [0.1, 0.15) is 0 Å². The Morgan fingerprint density at radius 2 is 1.79 bits per heavy atom. The first-order valence-electron chi connectivity index (χ1n) is 6.01. The minimum absolute atomic E-state index is 0.167. The quantitative estimate of drug-likeness (QED) is 0.780. The molecule has 0 aliphatic heterocycles. The summed E-state index contributed by atoms with van der Waals surface area (Å²) in [6.07, 6.45) is 0. The summed E-state index contributed by atoms with van der Waals surface area (Å²) in [4.78, 5) is 10.9. The summed E-state index contributed by atoms with van der Waals surface area (Å²) < 4.78 is 0. The fourth-order valence-electron chi connectivity index (χ4n) is 1.89. The van der Waals surface area contributed by atoms with E-state index in [4.69, 9.17) is 16.6 Å². The van der Waals surface area contributed by atoms with Gasteiger partial charge in [-0.15, -0.1) is 0 Å². The summed E-state index contributed by atoms with van der Waals surface area (Å²) in [5, 5.41) is 8.97. The third-order valence-electron chi connectivity index (χ3n) is 3.04. The first kappa shape index (κ1) is 13.3. The molecule has 0 aromatic heterocycles. The fraction of sp³-hybridized carbons (Fsp3) is 0.133. The highest BCUT2D eigenvalue weighted by Gasteiger charge is 2.06. The van der Waals surface area contributed by atoms with Crippen LogP contribution in [-0.4, -0.2) is 17.6 Å². The summed E-state index contributed by atoms with van der Waals surface area (Å²) in [7, 11) is 0. The minimum atomic E-state index is -0.927. The van der Waals surface area contributed by atoms with Crippen LogP contribution in [0.15, 0.2) is 48.5 Å². The molecule has 19 heavy (non-hydrogen) atoms. The third-order valence-corrected chi connectivity index (χ3v) is 3.04. The molecule has 0 aliphatic carbocycles. The Morgan fingerprint density at radius 3 is 2.37 bits per heavy atom. The molecule has 0 saturated carbocycles. The van der Waals surface area contributed by atoms with Crippen LogP contribution in [-0.2, 0) is 0 Å². The molecule has 0 saturated heterocycles. The standard InChI is InChI=1S/C15H16N2O2/c16-9-14(17)11-6-4-10(5-7-11)12-2-1-3-13(8-12)15(18)19/h1-8,14H,9,16-17H2,(H,18,19). The van der Waals surface area contributed by atoms with Gasteiger partial charge < -0.3 is 16.6 Å². The molecular weight excluding hydrogens is 240 g/mol. The van der Waals surface area contributed by atoms with Crippen molar-refractivity contribution in [2.24, 2.45) is 11.5 Å². The molecule has 0 spiro atoms. The number of rotatable bonds is 4. The molecule has 0 radical (unpaired) electrons. The average Bonchev–Trinajstić information content (AvgIpc) is 2.46. The van der Waals surface area contributed by atoms with Gasteiger partial charge in [0.15, 0.2) is 0 Å². The van der Waals surface area contributed by atoms with Crippen molar-refractivity contribution in [1.82, 2.24) is 0 Å². The summed E-state index contributed by atoms with van der Waals surface area (Å²) in [5.41, 5.74) is 14.4. The van der Waals surface area contributed by atoms with E-state index in [1.807, 2.05) is 30.3 Å². The van der Waals surface area contributed by atoms with Crippen molar-refractivity contribution < 1.29 is 9.90 Å². The zero-order valence-corrected chi connectivity index (χ0v) is 10.4. The molecular formula is C15H16N2O2. The van der Waals surface area contributed by atoms with Crippen molar-refractivity contribution in [2.45, 2.75) is 6.04 Å². The monoisotopic (exact) mass is 256 g/mol. The summed E-state index contributed by atoms with van der Waals surface area (Å²) in [6.45, 7) is 0.397. The highest BCUT2D eigenvalue weighted by atomic mass is 16.4. The van der Waals surface area contributed by atoms with E-state index in [1.165, 1.54) is 0 Å². The number of carboxylic acid groups (broad SMARTS) is 1. The molecule has 98 valence electrons. The lowest BCUT2D eigenvalue weighted by molar-refractivity contribution is 0.0697. The Balaban J connectivity index is 2.32. The second-order valence-corrected chi connectivity index (χ2v) is 4.35. The number of hydrogen-bond acceptors (Lipinski definition) is 3. The van der Waals surface area contributed by atoms with E-state index in [0.29, 0.717) is 6.54 Å². The Morgan fingerprint density at radius 1 is 1.11 bits per heavy atom. The summed E-state index contributed by atoms with van der Waals surface area (Å²) in [5.74, 6) is -0.927. The number of benzene rings is 2. The second kappa shape index (κ2) is 5.65. The lowest BCUT2D eigenvalue weighted by Gasteiger charge is -2.10. The van der Waals surface area contributed by atoms with Crippen LogP contribution in [0, 0.1) is 0 Å². The van der Waals surface area contributed by atoms with E-state index >= 15 is 0 Å². The summed E-state index contributed by atoms with van der Waals surface area (Å²) in [6, 6.07) is 14.4. The lowest BCUT2D eigenvalue weighted by Crippen LogP contribution is -2.20. The maximum atomic E-state index is 10.9. The van der Waals surface area contributed by atoms with Crippen LogP contribution in [0.2, 0.25) is 0 Å². The van der Waals surface area contributed by atoms with Crippen molar-refractivity contribution in [3.05, 3.63) is 59.7 Å². The molecule has 0 amide bonds. The van der Waals surface area contributed by atoms with Gasteiger partial charge in [-0.05, 0) is 28.8 Å². The van der Waals surface area contributed by atoms with E-state index in [0.717, 1.165) is 16.7 Å². The molecule has 1 unspecified atom stereocenters. The van der Waals surface area contributed by atoms with E-state index in [2.05, 4.69) is 0 Å². The van der Waals surface area contributed by atoms with Crippen LogP contribution in [0.25, 0.3) is 11.1 Å². The molecule has 2 aromatic carbocycles. The van der Waals surface area contributed by atoms with E-state index in [9.17, 15) is 4.79 Å². The van der Waals surface area contributed by atoms with Crippen LogP contribution in [0.5, 0.6) is 0 Å². The molecule has 4 nitrogen and oxygen atoms in total. The molecule has 2 aromatic rings. The van der Waals surface area contributed by atoms with Gasteiger partial charge in [0, 0.05) is 12.6 Å². The third kappa shape index (κ3) is 2.99. The molecule has 5 N–H and O–H groups in total. The predicted octanol–water partition coefficient (Wildman–Crippen LogP) is 2.01. The SMILES string of the molecule is NCC(N)c1ccc(-c2cccc(C(=O)O)c2)cc1. The van der Waals surface area contributed by atoms with Gasteiger partial charge in [-0.2, -0.15) is 0 Å². The molecule has 1 atom stereocenters. The van der Waals surface area contributed by atoms with Gasteiger partial charge in [-0.1, -0.05) is 36.4 Å². The highest BCUT2D eigenvalue weighted by molar-refractivity contribution is 5.89. The zero-order valence-electron chi connectivity index (χ0n) is 10.4. The Bertz CT molecular complexity index is 579. The Kier molecular flexibility index (Phi) is 3.94. The molecule has 0 aliphatic rings. The van der Waals surface area contributed by atoms with Crippen molar-refractivity contribution >= 4 is 5.97 Å². The van der Waals surface area contributed by atoms with Crippen LogP contribution < -0.4 is 11.5 Å². The van der Waals surface area contributed by atoms with Gasteiger partial charge in [0.25, 0.3) is 0 Å². The van der Waals surface area contributed by atoms with Crippen molar-refractivity contribution in [2.75, 3.05) is 6.54 Å². The van der Waals surface area contributed by atoms with Gasteiger partial charge in [0.2, 0.25) is 0 Å². The number of aromatic carboxylic acids is 1. The number of hydrogen-bond donors (Lipinski definition) is 3. The number of nitrogens with two attached hydrogens (primary N) is 2. The lowest BCUT2D eigenvalue weighted by atomic mass is 10.00. The van der Waals surface area contributed by atoms with Gasteiger partial charge in [0.05, 0.1) is 5.56 Å². The highest BCUT2D eigenvalue weighted by Crippen LogP contribution is 2.22. The van der Waals surface area contributed by atoms with E-state index in [-0.39, 0.29) is 11.6 Å². The fourth-order valence-corrected chi connectivity index (χ4v) is 1.89. The number of carbonyl (C=O) groups is 1. The molecule has 0 heterocycles. The van der Waals surface area contributed by atoms with Crippen LogP contribution in [0.1, 0.15) is 22.0 Å². The van der Waals surface area contributed by atoms with Gasteiger partial charge in [-0.3, -0.25) is 0 Å². The van der Waals surface area contributed by atoms with Gasteiger partial charge in [-0.25, -0.2) is 4.79 Å². The Labute approximate surface area is 111 Å². The zero-order chi connectivity index (χ0) is 13.8.